The van der Waals surface area contributed by atoms with Crippen LogP contribution < -0.4 is 10.2 Å². The smallest absolute Gasteiger partial charge is 0.227 e. The molecule has 0 bridgehead atoms. The van der Waals surface area contributed by atoms with Crippen molar-refractivity contribution in [1.29, 1.82) is 0 Å². The molecule has 1 aliphatic rings. The molecule has 4 nitrogen and oxygen atoms in total. The predicted octanol–water partition coefficient (Wildman–Crippen LogP) is 2.63. The van der Waals surface area contributed by atoms with Crippen LogP contribution in [-0.4, -0.2) is 30.2 Å². The third kappa shape index (κ3) is 4.05. The SMILES string of the molecule is CCC(CCO)NC(C)c1ccc(N2CCCC2=O)cc1. The fourth-order valence-electron chi connectivity index (χ4n) is 2.88. The first-order valence-electron chi connectivity index (χ1n) is 7.93. The zero-order valence-corrected chi connectivity index (χ0v) is 13.0. The van der Waals surface area contributed by atoms with Crippen molar-refractivity contribution < 1.29 is 9.90 Å². The van der Waals surface area contributed by atoms with E-state index in [2.05, 4.69) is 31.3 Å². The van der Waals surface area contributed by atoms with E-state index in [1.165, 1.54) is 5.56 Å². The summed E-state index contributed by atoms with van der Waals surface area (Å²) in [6.45, 7) is 5.31. The second-order valence-corrected chi connectivity index (χ2v) is 5.75. The van der Waals surface area contributed by atoms with Gasteiger partial charge in [0.2, 0.25) is 5.91 Å². The molecule has 2 rings (SSSR count). The van der Waals surface area contributed by atoms with E-state index < -0.39 is 0 Å². The molecule has 1 aromatic carbocycles. The molecule has 2 N–H and O–H groups in total. The Labute approximate surface area is 127 Å². The van der Waals surface area contributed by atoms with Crippen LogP contribution in [0.15, 0.2) is 24.3 Å². The van der Waals surface area contributed by atoms with E-state index in [1.54, 1.807) is 0 Å². The number of nitrogens with zero attached hydrogens (tertiary/aromatic N) is 1. The first kappa shape index (κ1) is 16.0. The first-order valence-corrected chi connectivity index (χ1v) is 7.93. The van der Waals surface area contributed by atoms with Gasteiger partial charge in [0.15, 0.2) is 0 Å². The van der Waals surface area contributed by atoms with Gasteiger partial charge >= 0.3 is 0 Å². The fraction of sp³-hybridized carbons (Fsp3) is 0.588. The van der Waals surface area contributed by atoms with E-state index in [0.717, 1.165) is 31.5 Å². The van der Waals surface area contributed by atoms with Crippen LogP contribution in [0.25, 0.3) is 0 Å². The van der Waals surface area contributed by atoms with Crippen LogP contribution in [-0.2, 0) is 4.79 Å². The van der Waals surface area contributed by atoms with Crippen LogP contribution in [0.4, 0.5) is 5.69 Å². The van der Waals surface area contributed by atoms with Crippen molar-refractivity contribution in [1.82, 2.24) is 5.32 Å². The van der Waals surface area contributed by atoms with Crippen LogP contribution in [0.3, 0.4) is 0 Å². The van der Waals surface area contributed by atoms with E-state index in [-0.39, 0.29) is 18.6 Å². The van der Waals surface area contributed by atoms with Crippen molar-refractivity contribution in [3.8, 4) is 0 Å². The highest BCUT2D eigenvalue weighted by molar-refractivity contribution is 5.95. The highest BCUT2D eigenvalue weighted by Gasteiger charge is 2.21. The molecule has 2 atom stereocenters. The molecule has 0 aromatic heterocycles. The Morgan fingerprint density at radius 3 is 2.57 bits per heavy atom. The number of nitrogens with one attached hydrogen (secondary N) is 1. The summed E-state index contributed by atoms with van der Waals surface area (Å²) in [4.78, 5) is 13.6. The molecule has 0 spiro atoms. The number of amides is 1. The molecule has 1 saturated heterocycles. The third-order valence-electron chi connectivity index (χ3n) is 4.23. The summed E-state index contributed by atoms with van der Waals surface area (Å²) < 4.78 is 0. The molecular formula is C17H26N2O2. The van der Waals surface area contributed by atoms with Gasteiger partial charge in [-0.1, -0.05) is 19.1 Å². The summed E-state index contributed by atoms with van der Waals surface area (Å²) in [5.74, 6) is 0.225. The molecule has 4 heteroatoms. The lowest BCUT2D eigenvalue weighted by atomic mass is 10.0. The molecule has 21 heavy (non-hydrogen) atoms. The van der Waals surface area contributed by atoms with E-state index in [0.29, 0.717) is 12.5 Å². The lowest BCUT2D eigenvalue weighted by molar-refractivity contribution is -0.117. The van der Waals surface area contributed by atoms with Crippen LogP contribution >= 0.6 is 0 Å². The minimum Gasteiger partial charge on any atom is -0.396 e. The van der Waals surface area contributed by atoms with E-state index in [4.69, 9.17) is 5.11 Å². The molecule has 0 aliphatic carbocycles. The van der Waals surface area contributed by atoms with Gasteiger partial charge in [0, 0.05) is 37.3 Å². The molecule has 1 amide bonds. The third-order valence-corrected chi connectivity index (χ3v) is 4.23. The Morgan fingerprint density at radius 1 is 1.33 bits per heavy atom. The molecule has 1 aliphatic heterocycles. The zero-order valence-electron chi connectivity index (χ0n) is 13.0. The Bertz CT molecular complexity index is 458. The van der Waals surface area contributed by atoms with Gasteiger partial charge in [0.05, 0.1) is 0 Å². The van der Waals surface area contributed by atoms with Crippen LogP contribution in [0.1, 0.15) is 51.1 Å². The maximum Gasteiger partial charge on any atom is 0.227 e. The van der Waals surface area contributed by atoms with Gasteiger partial charge in [-0.25, -0.2) is 0 Å². The van der Waals surface area contributed by atoms with Gasteiger partial charge in [-0.15, -0.1) is 0 Å². The number of hydrogen-bond acceptors (Lipinski definition) is 3. The zero-order chi connectivity index (χ0) is 15.2. The molecule has 1 heterocycles. The van der Waals surface area contributed by atoms with Crippen molar-refractivity contribution in [2.45, 2.75) is 51.6 Å². The average molecular weight is 290 g/mol. The number of aliphatic hydroxyl groups is 1. The van der Waals surface area contributed by atoms with Crippen molar-refractivity contribution >= 4 is 11.6 Å². The predicted molar refractivity (Wildman–Crippen MR) is 85.4 cm³/mol. The Hall–Kier alpha value is -1.39. The quantitative estimate of drug-likeness (QED) is 0.811. The minimum atomic E-state index is 0.217. The molecule has 1 fully saturated rings. The van der Waals surface area contributed by atoms with Crippen molar-refractivity contribution in [2.75, 3.05) is 18.1 Å². The highest BCUT2D eigenvalue weighted by Crippen LogP contribution is 2.23. The Morgan fingerprint density at radius 2 is 2.05 bits per heavy atom. The maximum atomic E-state index is 11.7. The second kappa shape index (κ2) is 7.57. The summed E-state index contributed by atoms with van der Waals surface area (Å²) in [5.41, 5.74) is 2.21. The van der Waals surface area contributed by atoms with E-state index >= 15 is 0 Å². The summed E-state index contributed by atoms with van der Waals surface area (Å²) >= 11 is 0. The van der Waals surface area contributed by atoms with Gasteiger partial charge in [-0.05, 0) is 43.9 Å². The summed E-state index contributed by atoms with van der Waals surface area (Å²) in [6.07, 6.45) is 3.41. The van der Waals surface area contributed by atoms with Gasteiger partial charge in [0.1, 0.15) is 0 Å². The lowest BCUT2D eigenvalue weighted by Gasteiger charge is -2.23. The van der Waals surface area contributed by atoms with Gasteiger partial charge in [-0.3, -0.25) is 4.79 Å². The number of carbonyl (C=O) groups is 1. The standard InChI is InChI=1S/C17H26N2O2/c1-3-15(10-12-20)18-13(2)14-6-8-16(9-7-14)19-11-4-5-17(19)21/h6-9,13,15,18,20H,3-5,10-12H2,1-2H3. The Kier molecular flexibility index (Phi) is 5.76. The molecular weight excluding hydrogens is 264 g/mol. The number of hydrogen-bond donors (Lipinski definition) is 2. The number of rotatable bonds is 7. The minimum absolute atomic E-state index is 0.217. The summed E-state index contributed by atoms with van der Waals surface area (Å²) in [5, 5.41) is 12.6. The molecule has 116 valence electrons. The topological polar surface area (TPSA) is 52.6 Å². The number of carbonyl (C=O) groups excluding carboxylic acids is 1. The number of benzene rings is 1. The van der Waals surface area contributed by atoms with Crippen molar-refractivity contribution in [3.05, 3.63) is 29.8 Å². The van der Waals surface area contributed by atoms with Crippen LogP contribution in [0, 0.1) is 0 Å². The normalized spacial score (nSPS) is 18.0. The summed E-state index contributed by atoms with van der Waals surface area (Å²) in [7, 11) is 0. The van der Waals surface area contributed by atoms with Gasteiger partial charge < -0.3 is 15.3 Å². The van der Waals surface area contributed by atoms with Gasteiger partial charge in [0.25, 0.3) is 0 Å². The van der Waals surface area contributed by atoms with Gasteiger partial charge in [-0.2, -0.15) is 0 Å². The lowest BCUT2D eigenvalue weighted by Crippen LogP contribution is -2.31. The summed E-state index contributed by atoms with van der Waals surface area (Å²) in [6, 6.07) is 8.82. The van der Waals surface area contributed by atoms with E-state index in [9.17, 15) is 4.79 Å². The Balaban J connectivity index is 1.99. The fourth-order valence-corrected chi connectivity index (χ4v) is 2.88. The number of aliphatic hydroxyl groups excluding tert-OH is 1. The molecule has 0 radical (unpaired) electrons. The second-order valence-electron chi connectivity index (χ2n) is 5.75. The highest BCUT2D eigenvalue weighted by atomic mass is 16.3. The molecule has 0 saturated carbocycles. The molecule has 1 aromatic rings. The maximum absolute atomic E-state index is 11.7. The number of anilines is 1. The van der Waals surface area contributed by atoms with Crippen LogP contribution in [0.5, 0.6) is 0 Å². The van der Waals surface area contributed by atoms with E-state index in [1.807, 2.05) is 17.0 Å². The largest absolute Gasteiger partial charge is 0.396 e. The first-order chi connectivity index (χ1) is 10.2. The molecule has 2 unspecified atom stereocenters. The van der Waals surface area contributed by atoms with Crippen LogP contribution in [0.2, 0.25) is 0 Å². The monoisotopic (exact) mass is 290 g/mol. The van der Waals surface area contributed by atoms with Crippen molar-refractivity contribution in [2.24, 2.45) is 0 Å². The average Bonchev–Trinajstić information content (AvgIpc) is 2.93. The van der Waals surface area contributed by atoms with Crippen molar-refractivity contribution in [3.63, 3.8) is 0 Å².